The van der Waals surface area contributed by atoms with Crippen molar-refractivity contribution in [2.24, 2.45) is 0 Å². The molecule has 0 spiro atoms. The number of carbonyl (C=O) groups is 1. The van der Waals surface area contributed by atoms with Gasteiger partial charge in [-0.25, -0.2) is 9.50 Å². The Hall–Kier alpha value is -3.67. The average Bonchev–Trinajstić information content (AvgIpc) is 3.20. The fraction of sp³-hybridized carbons (Fsp3) is 0.240. The van der Waals surface area contributed by atoms with Crippen LogP contribution in [0.5, 0.6) is 5.75 Å². The van der Waals surface area contributed by atoms with Gasteiger partial charge in [-0.3, -0.25) is 4.79 Å². The van der Waals surface area contributed by atoms with Crippen molar-refractivity contribution >= 4 is 17.2 Å². The standard InChI is InChI=1S/C25H26N4O2/c1-4-31-21-12-10-20(11-13-21)27-25(30)15-14-22-17(2)26-24-16-23(28-29(24)18(22)3)19-8-6-5-7-9-19/h5-13,16H,4,14-15H2,1-3H3,(H,27,30). The number of ether oxygens (including phenoxy) is 1. The normalized spacial score (nSPS) is 10.9. The second-order valence-corrected chi connectivity index (χ2v) is 7.43. The van der Waals surface area contributed by atoms with Gasteiger partial charge < -0.3 is 10.1 Å². The number of hydrogen-bond acceptors (Lipinski definition) is 4. The van der Waals surface area contributed by atoms with E-state index >= 15 is 0 Å². The van der Waals surface area contributed by atoms with E-state index in [1.54, 1.807) is 0 Å². The first kappa shape index (κ1) is 20.6. The Morgan fingerprint density at radius 3 is 2.52 bits per heavy atom. The SMILES string of the molecule is CCOc1ccc(NC(=O)CCc2c(C)nc3cc(-c4ccccc4)nn3c2C)cc1. The van der Waals surface area contributed by atoms with E-state index in [2.05, 4.69) is 5.32 Å². The molecule has 158 valence electrons. The number of aryl methyl sites for hydroxylation is 2. The highest BCUT2D eigenvalue weighted by atomic mass is 16.5. The summed E-state index contributed by atoms with van der Waals surface area (Å²) in [6, 6.07) is 19.5. The predicted molar refractivity (Wildman–Crippen MR) is 122 cm³/mol. The molecule has 2 aromatic carbocycles. The third kappa shape index (κ3) is 4.58. The van der Waals surface area contributed by atoms with Crippen LogP contribution < -0.4 is 10.1 Å². The van der Waals surface area contributed by atoms with Crippen LogP contribution >= 0.6 is 0 Å². The van der Waals surface area contributed by atoms with E-state index in [9.17, 15) is 4.79 Å². The largest absolute Gasteiger partial charge is 0.494 e. The Morgan fingerprint density at radius 1 is 1.06 bits per heavy atom. The molecule has 2 heterocycles. The van der Waals surface area contributed by atoms with Gasteiger partial charge in [0.05, 0.1) is 12.3 Å². The van der Waals surface area contributed by atoms with Crippen LogP contribution in [-0.2, 0) is 11.2 Å². The van der Waals surface area contributed by atoms with Gasteiger partial charge in [-0.1, -0.05) is 30.3 Å². The fourth-order valence-corrected chi connectivity index (χ4v) is 3.70. The van der Waals surface area contributed by atoms with E-state index in [4.69, 9.17) is 14.8 Å². The first-order valence-electron chi connectivity index (χ1n) is 10.5. The zero-order chi connectivity index (χ0) is 21.8. The third-order valence-electron chi connectivity index (χ3n) is 5.28. The van der Waals surface area contributed by atoms with E-state index in [0.717, 1.165) is 45.3 Å². The lowest BCUT2D eigenvalue weighted by Crippen LogP contribution is -2.14. The summed E-state index contributed by atoms with van der Waals surface area (Å²) < 4.78 is 7.30. The molecular weight excluding hydrogens is 388 g/mol. The lowest BCUT2D eigenvalue weighted by atomic mass is 10.1. The van der Waals surface area contributed by atoms with Gasteiger partial charge >= 0.3 is 0 Å². The average molecular weight is 415 g/mol. The Bertz CT molecular complexity index is 1200. The number of rotatable bonds is 7. The number of hydrogen-bond donors (Lipinski definition) is 1. The smallest absolute Gasteiger partial charge is 0.224 e. The number of nitrogens with zero attached hydrogens (tertiary/aromatic N) is 3. The molecular formula is C25H26N4O2. The first-order valence-corrected chi connectivity index (χ1v) is 10.5. The van der Waals surface area contributed by atoms with Gasteiger partial charge in [0.1, 0.15) is 5.75 Å². The Kier molecular flexibility index (Phi) is 5.98. The quantitative estimate of drug-likeness (QED) is 0.463. The molecule has 0 unspecified atom stereocenters. The van der Waals surface area contributed by atoms with Crippen molar-refractivity contribution in [2.75, 3.05) is 11.9 Å². The van der Waals surface area contributed by atoms with E-state index in [1.165, 1.54) is 0 Å². The summed E-state index contributed by atoms with van der Waals surface area (Å²) in [5, 5.41) is 7.69. The molecule has 0 saturated carbocycles. The molecule has 1 amide bonds. The molecule has 0 fully saturated rings. The van der Waals surface area contributed by atoms with Gasteiger partial charge in [0.2, 0.25) is 5.91 Å². The second-order valence-electron chi connectivity index (χ2n) is 7.43. The minimum absolute atomic E-state index is 0.0338. The number of anilines is 1. The highest BCUT2D eigenvalue weighted by Gasteiger charge is 2.14. The van der Waals surface area contributed by atoms with Crippen LogP contribution in [0.4, 0.5) is 5.69 Å². The third-order valence-corrected chi connectivity index (χ3v) is 5.28. The van der Waals surface area contributed by atoms with Crippen LogP contribution in [-0.4, -0.2) is 27.1 Å². The van der Waals surface area contributed by atoms with Crippen molar-refractivity contribution in [3.05, 3.63) is 77.6 Å². The van der Waals surface area contributed by atoms with E-state index < -0.39 is 0 Å². The van der Waals surface area contributed by atoms with Gasteiger partial charge in [0.25, 0.3) is 0 Å². The summed E-state index contributed by atoms with van der Waals surface area (Å²) in [5.41, 5.74) is 6.52. The molecule has 0 bridgehead atoms. The molecule has 4 aromatic rings. The highest BCUT2D eigenvalue weighted by Crippen LogP contribution is 2.23. The van der Waals surface area contributed by atoms with Gasteiger partial charge in [-0.05, 0) is 57.0 Å². The van der Waals surface area contributed by atoms with Crippen molar-refractivity contribution < 1.29 is 9.53 Å². The molecule has 0 atom stereocenters. The summed E-state index contributed by atoms with van der Waals surface area (Å²) in [7, 11) is 0. The van der Waals surface area contributed by atoms with Crippen LogP contribution in [0.1, 0.15) is 30.3 Å². The molecule has 0 aliphatic heterocycles. The number of carbonyl (C=O) groups excluding carboxylic acids is 1. The van der Waals surface area contributed by atoms with Crippen molar-refractivity contribution in [1.82, 2.24) is 14.6 Å². The Morgan fingerprint density at radius 2 is 1.81 bits per heavy atom. The molecule has 0 aliphatic rings. The molecule has 6 nitrogen and oxygen atoms in total. The lowest BCUT2D eigenvalue weighted by molar-refractivity contribution is -0.116. The molecule has 31 heavy (non-hydrogen) atoms. The highest BCUT2D eigenvalue weighted by molar-refractivity contribution is 5.90. The zero-order valence-electron chi connectivity index (χ0n) is 18.1. The summed E-state index contributed by atoms with van der Waals surface area (Å²) in [6.07, 6.45) is 0.971. The van der Waals surface area contributed by atoms with Crippen molar-refractivity contribution in [3.63, 3.8) is 0 Å². The molecule has 0 radical (unpaired) electrons. The van der Waals surface area contributed by atoms with Crippen molar-refractivity contribution in [3.8, 4) is 17.0 Å². The molecule has 1 N–H and O–H groups in total. The van der Waals surface area contributed by atoms with Crippen LogP contribution in [0.3, 0.4) is 0 Å². The zero-order valence-corrected chi connectivity index (χ0v) is 18.1. The van der Waals surface area contributed by atoms with Crippen molar-refractivity contribution in [2.45, 2.75) is 33.6 Å². The summed E-state index contributed by atoms with van der Waals surface area (Å²) in [6.45, 7) is 6.58. The molecule has 6 heteroatoms. The van der Waals surface area contributed by atoms with Gasteiger partial charge in [-0.2, -0.15) is 5.10 Å². The minimum atomic E-state index is -0.0338. The Labute approximate surface area is 181 Å². The van der Waals surface area contributed by atoms with Gasteiger partial charge in [0, 0.05) is 35.1 Å². The van der Waals surface area contributed by atoms with Crippen LogP contribution in [0.15, 0.2) is 60.7 Å². The van der Waals surface area contributed by atoms with Crippen LogP contribution in [0.25, 0.3) is 16.9 Å². The number of aromatic nitrogens is 3. The van der Waals surface area contributed by atoms with Gasteiger partial charge in [0.15, 0.2) is 5.65 Å². The maximum atomic E-state index is 12.5. The fourth-order valence-electron chi connectivity index (χ4n) is 3.70. The van der Waals surface area contributed by atoms with Crippen molar-refractivity contribution in [1.29, 1.82) is 0 Å². The maximum Gasteiger partial charge on any atom is 0.224 e. The number of fused-ring (bicyclic) bond motifs is 1. The number of amides is 1. The topological polar surface area (TPSA) is 68.5 Å². The van der Waals surface area contributed by atoms with Crippen LogP contribution in [0.2, 0.25) is 0 Å². The van der Waals surface area contributed by atoms with E-state index in [0.29, 0.717) is 19.4 Å². The minimum Gasteiger partial charge on any atom is -0.494 e. The predicted octanol–water partition coefficient (Wildman–Crippen LogP) is 4.98. The molecule has 0 aliphatic carbocycles. The second kappa shape index (κ2) is 9.00. The first-order chi connectivity index (χ1) is 15.0. The summed E-state index contributed by atoms with van der Waals surface area (Å²) in [5.74, 6) is 0.758. The van der Waals surface area contributed by atoms with E-state index in [-0.39, 0.29) is 5.91 Å². The van der Waals surface area contributed by atoms with Gasteiger partial charge in [-0.15, -0.1) is 0 Å². The number of benzene rings is 2. The molecule has 4 rings (SSSR count). The number of nitrogens with one attached hydrogen (secondary N) is 1. The lowest BCUT2D eigenvalue weighted by Gasteiger charge is -2.11. The Balaban J connectivity index is 1.48. The molecule has 2 aromatic heterocycles. The van der Waals surface area contributed by atoms with E-state index in [1.807, 2.05) is 86.0 Å². The monoisotopic (exact) mass is 414 g/mol. The maximum absolute atomic E-state index is 12.5. The summed E-state index contributed by atoms with van der Waals surface area (Å²) in [4.78, 5) is 17.2. The summed E-state index contributed by atoms with van der Waals surface area (Å²) >= 11 is 0. The molecule has 0 saturated heterocycles. The van der Waals surface area contributed by atoms with Crippen LogP contribution in [0, 0.1) is 13.8 Å².